The number of halogens is 3. The molecule has 2 unspecified atom stereocenters. The molecular formula is C7H8F3N3OS2. The standard InChI is InChI=1S/C7H8F3N3OS2/c1-16(14,13-4-11)3-5-2-12-6(15-5)7(8,9)10/h2,6,12H,3H2,1H3. The summed E-state index contributed by atoms with van der Waals surface area (Å²) in [5, 5.41) is 8.67. The van der Waals surface area contributed by atoms with Gasteiger partial charge in [0.25, 0.3) is 0 Å². The lowest BCUT2D eigenvalue weighted by atomic mass is 10.6. The van der Waals surface area contributed by atoms with E-state index in [1.54, 1.807) is 0 Å². The van der Waals surface area contributed by atoms with Gasteiger partial charge in [-0.2, -0.15) is 18.4 Å². The Morgan fingerprint density at radius 2 is 2.38 bits per heavy atom. The van der Waals surface area contributed by atoms with Crippen LogP contribution in [0.3, 0.4) is 0 Å². The summed E-state index contributed by atoms with van der Waals surface area (Å²) in [6.45, 7) is 0. The van der Waals surface area contributed by atoms with Crippen LogP contribution in [-0.4, -0.2) is 27.8 Å². The van der Waals surface area contributed by atoms with Crippen LogP contribution in [0.5, 0.6) is 0 Å². The van der Waals surface area contributed by atoms with E-state index in [-0.39, 0.29) is 10.7 Å². The predicted octanol–water partition coefficient (Wildman–Crippen LogP) is 1.63. The summed E-state index contributed by atoms with van der Waals surface area (Å²) in [6, 6.07) is 0. The van der Waals surface area contributed by atoms with Crippen LogP contribution in [0.1, 0.15) is 0 Å². The van der Waals surface area contributed by atoms with Gasteiger partial charge < -0.3 is 5.32 Å². The second-order valence-electron chi connectivity index (χ2n) is 3.11. The summed E-state index contributed by atoms with van der Waals surface area (Å²) in [5.74, 6) is -0.148. The minimum absolute atomic E-state index is 0.148. The number of hydrogen-bond donors (Lipinski definition) is 1. The number of nitrogens with zero attached hydrogens (tertiary/aromatic N) is 2. The van der Waals surface area contributed by atoms with Gasteiger partial charge in [0.05, 0.1) is 15.5 Å². The van der Waals surface area contributed by atoms with Crippen LogP contribution in [0.4, 0.5) is 13.2 Å². The van der Waals surface area contributed by atoms with Gasteiger partial charge in [-0.1, -0.05) is 11.8 Å². The second kappa shape index (κ2) is 4.55. The van der Waals surface area contributed by atoms with Crippen LogP contribution < -0.4 is 5.32 Å². The zero-order chi connectivity index (χ0) is 12.4. The van der Waals surface area contributed by atoms with Gasteiger partial charge in [-0.25, -0.2) is 4.21 Å². The van der Waals surface area contributed by atoms with Gasteiger partial charge in [-0.15, -0.1) is 4.36 Å². The highest BCUT2D eigenvalue weighted by Gasteiger charge is 2.42. The maximum absolute atomic E-state index is 12.3. The molecule has 90 valence electrons. The van der Waals surface area contributed by atoms with Crippen LogP contribution in [-0.2, 0) is 9.73 Å². The smallest absolute Gasteiger partial charge is 0.371 e. The molecule has 0 radical (unpaired) electrons. The molecular weight excluding hydrogens is 263 g/mol. The topological polar surface area (TPSA) is 65.2 Å². The lowest BCUT2D eigenvalue weighted by Gasteiger charge is -2.14. The first-order chi connectivity index (χ1) is 7.24. The first kappa shape index (κ1) is 13.2. The molecule has 4 nitrogen and oxygen atoms in total. The van der Waals surface area contributed by atoms with Crippen molar-refractivity contribution in [1.82, 2.24) is 5.32 Å². The minimum Gasteiger partial charge on any atom is -0.371 e. The van der Waals surface area contributed by atoms with Gasteiger partial charge in [0.15, 0.2) is 5.37 Å². The molecule has 0 aliphatic carbocycles. The number of rotatable bonds is 2. The van der Waals surface area contributed by atoms with Gasteiger partial charge in [0.1, 0.15) is 0 Å². The van der Waals surface area contributed by atoms with Crippen molar-refractivity contribution in [1.29, 1.82) is 5.26 Å². The minimum atomic E-state index is -4.36. The van der Waals surface area contributed by atoms with Crippen molar-refractivity contribution in [3.8, 4) is 6.19 Å². The summed E-state index contributed by atoms with van der Waals surface area (Å²) in [5.41, 5.74) is 0. The highest BCUT2D eigenvalue weighted by Crippen LogP contribution is 2.36. The maximum Gasteiger partial charge on any atom is 0.418 e. The van der Waals surface area contributed by atoms with E-state index in [2.05, 4.69) is 9.68 Å². The lowest BCUT2D eigenvalue weighted by Crippen LogP contribution is -2.33. The van der Waals surface area contributed by atoms with E-state index in [1.807, 2.05) is 0 Å². The molecule has 2 atom stereocenters. The average Bonchev–Trinajstić information content (AvgIpc) is 2.50. The molecule has 16 heavy (non-hydrogen) atoms. The largest absolute Gasteiger partial charge is 0.418 e. The quantitative estimate of drug-likeness (QED) is 0.775. The molecule has 0 spiro atoms. The van der Waals surface area contributed by atoms with Crippen LogP contribution in [0.25, 0.3) is 0 Å². The highest BCUT2D eigenvalue weighted by molar-refractivity contribution is 8.05. The fourth-order valence-electron chi connectivity index (χ4n) is 1.01. The van der Waals surface area contributed by atoms with E-state index in [4.69, 9.17) is 5.26 Å². The first-order valence-electron chi connectivity index (χ1n) is 4.01. The molecule has 1 heterocycles. The molecule has 1 N–H and O–H groups in total. The molecule has 0 aromatic rings. The number of thioether (sulfide) groups is 1. The molecule has 0 aromatic carbocycles. The summed E-state index contributed by atoms with van der Waals surface area (Å²) in [7, 11) is -2.77. The fraction of sp³-hybridized carbons (Fsp3) is 0.571. The second-order valence-corrected chi connectivity index (χ2v) is 6.73. The number of nitrogens with one attached hydrogen (secondary N) is 1. The van der Waals surface area contributed by atoms with Gasteiger partial charge in [0.2, 0.25) is 6.19 Å². The van der Waals surface area contributed by atoms with Crippen molar-refractivity contribution >= 4 is 21.5 Å². The lowest BCUT2D eigenvalue weighted by molar-refractivity contribution is -0.131. The van der Waals surface area contributed by atoms with Crippen LogP contribution >= 0.6 is 11.8 Å². The van der Waals surface area contributed by atoms with Gasteiger partial charge in [-0.05, 0) is 0 Å². The Morgan fingerprint density at radius 3 is 2.81 bits per heavy atom. The Labute approximate surface area is 95.1 Å². The molecule has 0 aromatic heterocycles. The van der Waals surface area contributed by atoms with E-state index in [1.165, 1.54) is 18.6 Å². The Kier molecular flexibility index (Phi) is 3.75. The maximum atomic E-state index is 12.3. The first-order valence-corrected chi connectivity index (χ1v) is 6.98. The van der Waals surface area contributed by atoms with Crippen molar-refractivity contribution in [2.24, 2.45) is 4.36 Å². The number of nitriles is 1. The number of hydrogen-bond acceptors (Lipinski definition) is 5. The molecule has 0 amide bonds. The SMILES string of the molecule is CS(=O)(CC1=CNC(C(F)(F)F)S1)=NC#N. The Balaban J connectivity index is 2.67. The van der Waals surface area contributed by atoms with Crippen molar-refractivity contribution in [2.75, 3.05) is 12.0 Å². The third-order valence-electron chi connectivity index (χ3n) is 1.61. The van der Waals surface area contributed by atoms with Gasteiger partial charge >= 0.3 is 6.18 Å². The third-order valence-corrected chi connectivity index (χ3v) is 4.31. The Morgan fingerprint density at radius 1 is 1.75 bits per heavy atom. The van der Waals surface area contributed by atoms with Crippen molar-refractivity contribution in [3.05, 3.63) is 11.1 Å². The normalized spacial score (nSPS) is 23.9. The zero-order valence-corrected chi connectivity index (χ0v) is 9.75. The molecule has 0 saturated carbocycles. The van der Waals surface area contributed by atoms with E-state index < -0.39 is 21.3 Å². The predicted molar refractivity (Wildman–Crippen MR) is 55.6 cm³/mol. The average molecular weight is 271 g/mol. The molecule has 0 fully saturated rings. The fourth-order valence-corrected chi connectivity index (χ4v) is 3.49. The summed E-state index contributed by atoms with van der Waals surface area (Å²) < 4.78 is 51.5. The van der Waals surface area contributed by atoms with E-state index >= 15 is 0 Å². The number of alkyl halides is 3. The van der Waals surface area contributed by atoms with Crippen LogP contribution in [0.15, 0.2) is 15.5 Å². The highest BCUT2D eigenvalue weighted by atomic mass is 32.2. The van der Waals surface area contributed by atoms with Crippen molar-refractivity contribution < 1.29 is 17.4 Å². The van der Waals surface area contributed by atoms with E-state index in [9.17, 15) is 17.4 Å². The summed E-state index contributed by atoms with van der Waals surface area (Å²) in [6.07, 6.45) is -0.563. The molecule has 0 bridgehead atoms. The van der Waals surface area contributed by atoms with Crippen LogP contribution in [0, 0.1) is 11.5 Å². The molecule has 1 rings (SSSR count). The van der Waals surface area contributed by atoms with E-state index in [0.29, 0.717) is 11.8 Å². The summed E-state index contributed by atoms with van der Waals surface area (Å²) >= 11 is 0.547. The third kappa shape index (κ3) is 3.61. The van der Waals surface area contributed by atoms with E-state index in [0.717, 1.165) is 0 Å². The monoisotopic (exact) mass is 271 g/mol. The Hall–Kier alpha value is -0.880. The molecule has 9 heteroatoms. The van der Waals surface area contributed by atoms with Gasteiger partial charge in [0, 0.05) is 17.4 Å². The molecule has 1 aliphatic heterocycles. The van der Waals surface area contributed by atoms with Crippen LogP contribution in [0.2, 0.25) is 0 Å². The van der Waals surface area contributed by atoms with Gasteiger partial charge in [-0.3, -0.25) is 0 Å². The van der Waals surface area contributed by atoms with Crippen molar-refractivity contribution in [2.45, 2.75) is 11.6 Å². The zero-order valence-electron chi connectivity index (χ0n) is 8.11. The molecule has 0 saturated heterocycles. The Bertz CT molecular complexity index is 456. The molecule has 1 aliphatic rings. The summed E-state index contributed by atoms with van der Waals surface area (Å²) in [4.78, 5) is 0.286. The van der Waals surface area contributed by atoms with Crippen molar-refractivity contribution in [3.63, 3.8) is 0 Å².